The van der Waals surface area contributed by atoms with E-state index in [-0.39, 0.29) is 5.91 Å². The van der Waals surface area contributed by atoms with Crippen LogP contribution in [-0.2, 0) is 6.54 Å². The maximum Gasteiger partial charge on any atom is 0.258 e. The van der Waals surface area contributed by atoms with Crippen molar-refractivity contribution in [1.82, 2.24) is 9.88 Å². The number of pyridine rings is 1. The number of aromatic nitrogens is 1. The maximum absolute atomic E-state index is 12.8. The van der Waals surface area contributed by atoms with E-state index in [9.17, 15) is 4.79 Å². The molecule has 0 bridgehead atoms. The van der Waals surface area contributed by atoms with Gasteiger partial charge < -0.3 is 14.1 Å². The van der Waals surface area contributed by atoms with Gasteiger partial charge in [-0.3, -0.25) is 9.78 Å². The fourth-order valence-corrected chi connectivity index (χ4v) is 2.62. The Morgan fingerprint density at radius 2 is 2.17 bits per heavy atom. The van der Waals surface area contributed by atoms with E-state index >= 15 is 0 Å². The second kappa shape index (κ2) is 6.12. The van der Waals surface area contributed by atoms with Gasteiger partial charge in [-0.15, -0.1) is 0 Å². The maximum atomic E-state index is 12.8. The lowest BCUT2D eigenvalue weighted by Gasteiger charge is -2.17. The molecule has 5 nitrogen and oxygen atoms in total. The van der Waals surface area contributed by atoms with Crippen LogP contribution < -0.4 is 4.74 Å². The van der Waals surface area contributed by atoms with Gasteiger partial charge in [0.1, 0.15) is 17.1 Å². The first kappa shape index (κ1) is 15.1. The number of furan rings is 1. The lowest BCUT2D eigenvalue weighted by atomic mass is 10.1. The fourth-order valence-electron chi connectivity index (χ4n) is 2.62. The van der Waals surface area contributed by atoms with Gasteiger partial charge in [0.05, 0.1) is 12.7 Å². The van der Waals surface area contributed by atoms with Gasteiger partial charge in [-0.1, -0.05) is 6.07 Å². The lowest BCUT2D eigenvalue weighted by molar-refractivity contribution is 0.0785. The molecule has 3 aromatic rings. The molecule has 3 rings (SSSR count). The van der Waals surface area contributed by atoms with E-state index in [1.54, 1.807) is 38.4 Å². The van der Waals surface area contributed by atoms with Crippen LogP contribution in [0, 0.1) is 6.92 Å². The molecule has 0 radical (unpaired) electrons. The third-order valence-corrected chi connectivity index (χ3v) is 3.77. The first-order chi connectivity index (χ1) is 11.1. The quantitative estimate of drug-likeness (QED) is 0.741. The Kier molecular flexibility index (Phi) is 4.02. The standard InChI is InChI=1S/C18H18N2O3/c1-12-17(15-9-14(22-3)6-7-16(15)23-12)18(21)20(2)11-13-5-4-8-19-10-13/h4-10H,11H2,1-3H3. The highest BCUT2D eigenvalue weighted by Gasteiger charge is 2.22. The monoisotopic (exact) mass is 310 g/mol. The highest BCUT2D eigenvalue weighted by molar-refractivity contribution is 6.07. The summed E-state index contributed by atoms with van der Waals surface area (Å²) in [5, 5.41) is 0.768. The van der Waals surface area contributed by atoms with Crippen LogP contribution in [0.25, 0.3) is 11.0 Å². The summed E-state index contributed by atoms with van der Waals surface area (Å²) < 4.78 is 11.0. The Morgan fingerprint density at radius 1 is 1.35 bits per heavy atom. The molecule has 0 saturated carbocycles. The molecule has 1 amide bonds. The first-order valence-electron chi connectivity index (χ1n) is 7.31. The van der Waals surface area contributed by atoms with Gasteiger partial charge in [0.15, 0.2) is 0 Å². The molecular formula is C18H18N2O3. The number of benzene rings is 1. The molecule has 0 unspecified atom stereocenters. The Labute approximate surface area is 134 Å². The SMILES string of the molecule is COc1ccc2oc(C)c(C(=O)N(C)Cc3cccnc3)c2c1. The summed E-state index contributed by atoms with van der Waals surface area (Å²) in [6, 6.07) is 9.27. The van der Waals surface area contributed by atoms with Crippen LogP contribution in [-0.4, -0.2) is 29.9 Å². The van der Waals surface area contributed by atoms with Crippen LogP contribution in [0.1, 0.15) is 21.7 Å². The average Bonchev–Trinajstić information content (AvgIpc) is 2.89. The van der Waals surface area contributed by atoms with Gasteiger partial charge >= 0.3 is 0 Å². The van der Waals surface area contributed by atoms with Crippen LogP contribution in [0.3, 0.4) is 0 Å². The summed E-state index contributed by atoms with van der Waals surface area (Å²) >= 11 is 0. The van der Waals surface area contributed by atoms with E-state index in [0.717, 1.165) is 10.9 Å². The zero-order valence-corrected chi connectivity index (χ0v) is 13.4. The van der Waals surface area contributed by atoms with Crippen molar-refractivity contribution < 1.29 is 13.9 Å². The van der Waals surface area contributed by atoms with Crippen LogP contribution in [0.15, 0.2) is 47.1 Å². The lowest BCUT2D eigenvalue weighted by Crippen LogP contribution is -2.26. The molecule has 0 aliphatic heterocycles. The van der Waals surface area contributed by atoms with Crippen molar-refractivity contribution in [3.8, 4) is 5.75 Å². The molecule has 23 heavy (non-hydrogen) atoms. The van der Waals surface area contributed by atoms with Crippen LogP contribution in [0.5, 0.6) is 5.75 Å². The zero-order chi connectivity index (χ0) is 16.4. The molecule has 2 aromatic heterocycles. The van der Waals surface area contributed by atoms with Crippen LogP contribution in [0.4, 0.5) is 0 Å². The molecule has 0 N–H and O–H groups in total. The number of carbonyl (C=O) groups is 1. The summed E-state index contributed by atoms with van der Waals surface area (Å²) in [6.07, 6.45) is 3.47. The van der Waals surface area contributed by atoms with Crippen LogP contribution >= 0.6 is 0 Å². The number of hydrogen-bond donors (Lipinski definition) is 0. The van der Waals surface area contributed by atoms with Crippen molar-refractivity contribution in [2.24, 2.45) is 0 Å². The average molecular weight is 310 g/mol. The predicted molar refractivity (Wildman–Crippen MR) is 87.5 cm³/mol. The number of methoxy groups -OCH3 is 1. The minimum atomic E-state index is -0.0849. The summed E-state index contributed by atoms with van der Waals surface area (Å²) in [7, 11) is 3.37. The van der Waals surface area contributed by atoms with E-state index in [0.29, 0.717) is 29.2 Å². The highest BCUT2D eigenvalue weighted by atomic mass is 16.5. The molecule has 0 atom stereocenters. The van der Waals surface area contributed by atoms with E-state index in [1.165, 1.54) is 0 Å². The van der Waals surface area contributed by atoms with Gasteiger partial charge in [0, 0.05) is 31.4 Å². The highest BCUT2D eigenvalue weighted by Crippen LogP contribution is 2.30. The topological polar surface area (TPSA) is 55.6 Å². The minimum absolute atomic E-state index is 0.0849. The van der Waals surface area contributed by atoms with Crippen molar-refractivity contribution in [3.63, 3.8) is 0 Å². The fraction of sp³-hybridized carbons (Fsp3) is 0.222. The number of ether oxygens (including phenoxy) is 1. The summed E-state index contributed by atoms with van der Waals surface area (Å²) in [6.45, 7) is 2.29. The van der Waals surface area contributed by atoms with E-state index in [1.807, 2.05) is 30.3 Å². The van der Waals surface area contributed by atoms with Crippen molar-refractivity contribution >= 4 is 16.9 Å². The van der Waals surface area contributed by atoms with Crippen molar-refractivity contribution in [2.45, 2.75) is 13.5 Å². The number of hydrogen-bond acceptors (Lipinski definition) is 4. The van der Waals surface area contributed by atoms with E-state index in [4.69, 9.17) is 9.15 Å². The third kappa shape index (κ3) is 2.90. The van der Waals surface area contributed by atoms with Crippen molar-refractivity contribution in [2.75, 3.05) is 14.2 Å². The van der Waals surface area contributed by atoms with Gasteiger partial charge in [0.25, 0.3) is 5.91 Å². The Hall–Kier alpha value is -2.82. The Morgan fingerprint density at radius 3 is 2.87 bits per heavy atom. The second-order valence-corrected chi connectivity index (χ2v) is 5.42. The molecular weight excluding hydrogens is 292 g/mol. The molecule has 1 aromatic carbocycles. The molecule has 2 heterocycles. The summed E-state index contributed by atoms with van der Waals surface area (Å²) in [5.41, 5.74) is 2.23. The van der Waals surface area contributed by atoms with Gasteiger partial charge in [0.2, 0.25) is 0 Å². The minimum Gasteiger partial charge on any atom is -0.497 e. The summed E-state index contributed by atoms with van der Waals surface area (Å²) in [5.74, 6) is 1.22. The summed E-state index contributed by atoms with van der Waals surface area (Å²) in [4.78, 5) is 18.6. The normalized spacial score (nSPS) is 10.7. The van der Waals surface area contributed by atoms with Gasteiger partial charge in [-0.2, -0.15) is 0 Å². The Balaban J connectivity index is 1.95. The van der Waals surface area contributed by atoms with Crippen molar-refractivity contribution in [1.29, 1.82) is 0 Å². The molecule has 118 valence electrons. The van der Waals surface area contributed by atoms with E-state index < -0.39 is 0 Å². The van der Waals surface area contributed by atoms with Crippen LogP contribution in [0.2, 0.25) is 0 Å². The molecule has 0 fully saturated rings. The molecule has 0 aliphatic rings. The zero-order valence-electron chi connectivity index (χ0n) is 13.4. The number of aryl methyl sites for hydroxylation is 1. The third-order valence-electron chi connectivity index (χ3n) is 3.77. The number of nitrogens with zero attached hydrogens (tertiary/aromatic N) is 2. The number of amides is 1. The molecule has 5 heteroatoms. The first-order valence-corrected chi connectivity index (χ1v) is 7.31. The molecule has 0 saturated heterocycles. The number of carbonyl (C=O) groups excluding carboxylic acids is 1. The van der Waals surface area contributed by atoms with E-state index in [2.05, 4.69) is 4.98 Å². The largest absolute Gasteiger partial charge is 0.497 e. The van der Waals surface area contributed by atoms with Gasteiger partial charge in [-0.25, -0.2) is 0 Å². The number of rotatable bonds is 4. The van der Waals surface area contributed by atoms with Gasteiger partial charge in [-0.05, 0) is 36.8 Å². The molecule has 0 spiro atoms. The molecule has 0 aliphatic carbocycles. The second-order valence-electron chi connectivity index (χ2n) is 5.42. The van der Waals surface area contributed by atoms with Crippen molar-refractivity contribution in [3.05, 3.63) is 59.6 Å². The predicted octanol–water partition coefficient (Wildman–Crippen LogP) is 3.42. The Bertz CT molecular complexity index is 840. The smallest absolute Gasteiger partial charge is 0.258 e. The number of fused-ring (bicyclic) bond motifs is 1.